The summed E-state index contributed by atoms with van der Waals surface area (Å²) in [6.45, 7) is 2.43. The predicted octanol–water partition coefficient (Wildman–Crippen LogP) is 1.54. The van der Waals surface area contributed by atoms with Gasteiger partial charge in [0.1, 0.15) is 42.0 Å². The van der Waals surface area contributed by atoms with Gasteiger partial charge in [-0.2, -0.15) is 4.31 Å². The van der Waals surface area contributed by atoms with E-state index in [4.69, 9.17) is 19.5 Å². The lowest BCUT2D eigenvalue weighted by Crippen LogP contribution is -2.46. The van der Waals surface area contributed by atoms with Crippen LogP contribution < -0.4 is 16.4 Å². The number of hydrogen-bond acceptors (Lipinski definition) is 19. The Labute approximate surface area is 360 Å². The molecule has 2 aromatic rings. The highest BCUT2D eigenvalue weighted by Crippen LogP contribution is 2.61. The van der Waals surface area contributed by atoms with Gasteiger partial charge in [-0.1, -0.05) is 63.9 Å². The van der Waals surface area contributed by atoms with Crippen LogP contribution in [0.25, 0.3) is 11.2 Å². The second-order valence-corrected chi connectivity index (χ2v) is 19.9. The molecule has 0 spiro atoms. The maximum atomic E-state index is 12.7. The number of unbranched alkanes of at least 4 members (excludes halogenated alkanes) is 4. The number of anilines is 1. The number of ketones is 1. The lowest BCUT2D eigenvalue weighted by molar-refractivity contribution is -0.137. The monoisotopic (exact) mass is 961 g/mol. The fraction of sp³-hybridized carbons (Fsp3) is 0.667. The Kier molecular flexibility index (Phi) is 20.9. The lowest BCUT2D eigenvalue weighted by Gasteiger charge is -2.30. The van der Waals surface area contributed by atoms with Gasteiger partial charge in [-0.15, -0.1) is 0 Å². The van der Waals surface area contributed by atoms with E-state index in [1.165, 1.54) is 20.3 Å². The quantitative estimate of drug-likeness (QED) is 0.0253. The predicted molar refractivity (Wildman–Crippen MR) is 219 cm³/mol. The molecule has 350 valence electrons. The molecule has 0 saturated carbocycles. The summed E-state index contributed by atoms with van der Waals surface area (Å²) in [4.78, 5) is 99.9. The SMILES string of the molecule is CCCCCC/C=C\CC(=O)CC(=O)SCCNC(=O)CCNC(=O)[C@H](O)C(C)(C)COP(=O)(O)OP(=O)(O)OC[C@H]1O[C@@H](n2cnc3c(N)ncnc32)[C@H](O)[C@@H]1OP(=O)(O)O. The van der Waals surface area contributed by atoms with Crippen LogP contribution in [-0.2, 0) is 55.5 Å². The third kappa shape index (κ3) is 17.9. The van der Waals surface area contributed by atoms with E-state index in [1.807, 2.05) is 6.08 Å². The van der Waals surface area contributed by atoms with E-state index in [0.717, 1.165) is 54.7 Å². The Morgan fingerprint density at radius 1 is 1.02 bits per heavy atom. The molecule has 1 saturated heterocycles. The molecule has 1 aliphatic heterocycles. The van der Waals surface area contributed by atoms with E-state index in [9.17, 15) is 62.7 Å². The minimum atomic E-state index is -5.59. The van der Waals surface area contributed by atoms with Gasteiger partial charge in [0.25, 0.3) is 0 Å². The van der Waals surface area contributed by atoms with Gasteiger partial charge in [-0.3, -0.25) is 37.3 Å². The Morgan fingerprint density at radius 2 is 1.73 bits per heavy atom. The molecule has 10 N–H and O–H groups in total. The molecular weight excluding hydrogens is 907 g/mol. The number of amides is 2. The number of fused-ring (bicyclic) bond motifs is 1. The molecule has 1 aliphatic rings. The number of ether oxygens (including phenoxy) is 1. The number of thioether (sulfide) groups is 1. The Morgan fingerprint density at radius 3 is 2.42 bits per heavy atom. The molecule has 1 fully saturated rings. The zero-order valence-electron chi connectivity index (χ0n) is 34.1. The molecule has 2 unspecified atom stereocenters. The van der Waals surface area contributed by atoms with Crippen molar-refractivity contribution in [3.05, 3.63) is 24.8 Å². The molecular formula is C33H54N7O18P3S. The number of hydrogen-bond donors (Lipinski definition) is 9. The lowest BCUT2D eigenvalue weighted by atomic mass is 9.87. The second kappa shape index (κ2) is 24.3. The van der Waals surface area contributed by atoms with E-state index in [0.29, 0.717) is 0 Å². The molecule has 0 aliphatic carbocycles. The number of carbonyl (C=O) groups excluding carboxylic acids is 4. The molecule has 0 bridgehead atoms. The zero-order valence-corrected chi connectivity index (χ0v) is 37.6. The molecule has 25 nitrogen and oxygen atoms in total. The molecule has 2 aromatic heterocycles. The molecule has 7 atom stereocenters. The van der Waals surface area contributed by atoms with Crippen molar-refractivity contribution >= 4 is 74.9 Å². The van der Waals surface area contributed by atoms with Crippen molar-refractivity contribution in [2.24, 2.45) is 5.41 Å². The van der Waals surface area contributed by atoms with Crippen LogP contribution in [-0.4, -0.2) is 128 Å². The number of imidazole rings is 1. The van der Waals surface area contributed by atoms with Crippen LogP contribution in [0.3, 0.4) is 0 Å². The molecule has 2 amide bonds. The molecule has 3 heterocycles. The van der Waals surface area contributed by atoms with Crippen molar-refractivity contribution in [1.29, 1.82) is 0 Å². The number of nitrogens with one attached hydrogen (secondary N) is 2. The van der Waals surface area contributed by atoms with Gasteiger partial charge in [0.05, 0.1) is 26.0 Å². The highest BCUT2D eigenvalue weighted by molar-refractivity contribution is 8.13. The number of carbonyl (C=O) groups is 4. The number of phosphoric ester groups is 3. The van der Waals surface area contributed by atoms with E-state index >= 15 is 0 Å². The number of nitrogens with two attached hydrogens (primary N) is 1. The van der Waals surface area contributed by atoms with Gasteiger partial charge in [0.2, 0.25) is 11.8 Å². The largest absolute Gasteiger partial charge is 0.481 e. The molecule has 62 heavy (non-hydrogen) atoms. The summed E-state index contributed by atoms with van der Waals surface area (Å²) < 4.78 is 62.2. The van der Waals surface area contributed by atoms with Gasteiger partial charge in [-0.05, 0) is 12.8 Å². The Bertz CT molecular complexity index is 2020. The van der Waals surface area contributed by atoms with Gasteiger partial charge >= 0.3 is 23.5 Å². The Hall–Kier alpha value is -3.03. The van der Waals surface area contributed by atoms with E-state index < -0.39 is 84.6 Å². The number of aromatic nitrogens is 4. The van der Waals surface area contributed by atoms with Crippen molar-refractivity contribution in [1.82, 2.24) is 30.2 Å². The summed E-state index contributed by atoms with van der Waals surface area (Å²) in [6, 6.07) is 0. The summed E-state index contributed by atoms with van der Waals surface area (Å²) in [5, 5.41) is 26.1. The van der Waals surface area contributed by atoms with E-state index in [2.05, 4.69) is 41.3 Å². The number of phosphoric acid groups is 3. The van der Waals surface area contributed by atoms with Crippen LogP contribution in [0.15, 0.2) is 24.8 Å². The summed E-state index contributed by atoms with van der Waals surface area (Å²) >= 11 is 0.906. The van der Waals surface area contributed by atoms with Gasteiger partial charge in [0.15, 0.2) is 22.8 Å². The number of nitrogen functional groups attached to an aromatic ring is 1. The van der Waals surface area contributed by atoms with Crippen LogP contribution in [0.1, 0.15) is 78.4 Å². The first-order valence-electron chi connectivity index (χ1n) is 19.2. The highest BCUT2D eigenvalue weighted by Gasteiger charge is 2.50. The number of Topliss-reactive ketones (excluding diaryl/α,β-unsaturated/α-hetero) is 1. The average molecular weight is 962 g/mol. The Balaban J connectivity index is 1.40. The summed E-state index contributed by atoms with van der Waals surface area (Å²) in [5.74, 6) is -1.52. The van der Waals surface area contributed by atoms with Crippen LogP contribution >= 0.6 is 35.2 Å². The van der Waals surface area contributed by atoms with Crippen molar-refractivity contribution < 1.29 is 85.3 Å². The number of aliphatic hydroxyl groups is 2. The van der Waals surface area contributed by atoms with E-state index in [1.54, 1.807) is 6.08 Å². The van der Waals surface area contributed by atoms with Crippen molar-refractivity contribution in [3.8, 4) is 0 Å². The summed E-state index contributed by atoms with van der Waals surface area (Å²) in [5.41, 5.74) is 4.23. The number of aliphatic hydroxyl groups excluding tert-OH is 2. The van der Waals surface area contributed by atoms with Crippen LogP contribution in [0, 0.1) is 5.41 Å². The van der Waals surface area contributed by atoms with Gasteiger partial charge < -0.3 is 50.9 Å². The zero-order chi connectivity index (χ0) is 46.3. The average Bonchev–Trinajstić information content (AvgIpc) is 3.74. The van der Waals surface area contributed by atoms with Crippen LogP contribution in [0.5, 0.6) is 0 Å². The van der Waals surface area contributed by atoms with Crippen molar-refractivity contribution in [2.75, 3.05) is 37.8 Å². The van der Waals surface area contributed by atoms with Gasteiger partial charge in [0, 0.05) is 37.1 Å². The molecule has 29 heteroatoms. The summed E-state index contributed by atoms with van der Waals surface area (Å²) in [6.07, 6.45) is 2.03. The third-order valence-electron chi connectivity index (χ3n) is 8.84. The highest BCUT2D eigenvalue weighted by atomic mass is 32.2. The smallest absolute Gasteiger partial charge is 0.386 e. The number of rotatable bonds is 28. The second-order valence-electron chi connectivity index (χ2n) is 14.5. The first-order valence-corrected chi connectivity index (χ1v) is 24.7. The summed E-state index contributed by atoms with van der Waals surface area (Å²) in [7, 11) is -16.4. The van der Waals surface area contributed by atoms with Gasteiger partial charge in [-0.25, -0.2) is 28.6 Å². The first kappa shape index (κ1) is 53.3. The maximum Gasteiger partial charge on any atom is 0.481 e. The van der Waals surface area contributed by atoms with Crippen LogP contribution in [0.4, 0.5) is 5.82 Å². The molecule has 0 aromatic carbocycles. The molecule has 0 radical (unpaired) electrons. The maximum absolute atomic E-state index is 12.7. The minimum Gasteiger partial charge on any atom is -0.386 e. The fourth-order valence-corrected chi connectivity index (χ4v) is 9.12. The number of allylic oxidation sites excluding steroid dienone is 2. The third-order valence-corrected chi connectivity index (χ3v) is 12.8. The molecule has 3 rings (SSSR count). The van der Waals surface area contributed by atoms with E-state index in [-0.39, 0.29) is 66.0 Å². The van der Waals surface area contributed by atoms with Crippen molar-refractivity contribution in [3.63, 3.8) is 0 Å². The number of nitrogens with zero attached hydrogens (tertiary/aromatic N) is 4. The van der Waals surface area contributed by atoms with Crippen LogP contribution in [0.2, 0.25) is 0 Å². The van der Waals surface area contributed by atoms with Crippen molar-refractivity contribution in [2.45, 2.75) is 103 Å². The minimum absolute atomic E-state index is 0.0244. The normalized spacial score (nSPS) is 20.8. The topological polar surface area (TPSA) is 381 Å². The standard InChI is InChI=1S/C33H54N7O18P3S/c1-4-5-6-7-8-9-10-11-21(41)16-24(43)62-15-14-35-23(42)12-13-36-31(46)28(45)33(2,3)18-55-61(52,53)58-60(50,51)54-17-22-27(57-59(47,48)49)26(44)32(56-22)40-20-39-25-29(34)37-19-38-30(25)40/h9-10,19-20,22,26-28,32,44-45H,4-8,11-18H2,1-3H3,(H,35,42)(H,36,46)(H,50,51)(H,52,53)(H2,34,37,38)(H2,47,48,49)/b10-9-/t22-,26-,27-,28+,32-/m1/s1. The first-order chi connectivity index (χ1) is 28.9. The fourth-order valence-electron chi connectivity index (χ4n) is 5.60.